The van der Waals surface area contributed by atoms with Crippen molar-refractivity contribution in [3.8, 4) is 0 Å². The molecule has 0 unspecified atom stereocenters. The van der Waals surface area contributed by atoms with E-state index in [4.69, 9.17) is 5.73 Å². The van der Waals surface area contributed by atoms with Crippen LogP contribution in [0.3, 0.4) is 0 Å². The van der Waals surface area contributed by atoms with Crippen LogP contribution in [-0.4, -0.2) is 4.98 Å². The van der Waals surface area contributed by atoms with Gasteiger partial charge in [-0.3, -0.25) is 4.98 Å². The van der Waals surface area contributed by atoms with Crippen LogP contribution in [0.25, 0.3) is 0 Å². The van der Waals surface area contributed by atoms with Crippen molar-refractivity contribution in [1.29, 1.82) is 0 Å². The molecule has 0 saturated carbocycles. The van der Waals surface area contributed by atoms with E-state index in [1.54, 1.807) is 24.5 Å². The van der Waals surface area contributed by atoms with Crippen LogP contribution in [0, 0.1) is 0 Å². The molecule has 0 fully saturated rings. The number of nitrogen functional groups attached to an aromatic ring is 1. The van der Waals surface area contributed by atoms with Crippen molar-refractivity contribution in [3.63, 3.8) is 0 Å². The zero-order chi connectivity index (χ0) is 5.11. The standard InChI is InChI=1S/C5H6N2.Cd/c6-5-1-3-7-4-2-5;/h1-4H,(H2,6,7);. The second kappa shape index (κ2) is 3.82. The maximum Gasteiger partial charge on any atom is 0.0344 e. The summed E-state index contributed by atoms with van der Waals surface area (Å²) in [6, 6.07) is 3.50. The van der Waals surface area contributed by atoms with E-state index >= 15 is 0 Å². The summed E-state index contributed by atoms with van der Waals surface area (Å²) < 4.78 is 0. The van der Waals surface area contributed by atoms with Gasteiger partial charge in [-0.2, -0.15) is 0 Å². The second-order valence-corrected chi connectivity index (χ2v) is 1.28. The summed E-state index contributed by atoms with van der Waals surface area (Å²) in [6.45, 7) is 0. The zero-order valence-corrected chi connectivity index (χ0v) is 8.58. The van der Waals surface area contributed by atoms with Gasteiger partial charge in [0.2, 0.25) is 0 Å². The Morgan fingerprint density at radius 2 is 1.75 bits per heavy atom. The third-order valence-electron chi connectivity index (χ3n) is 0.706. The SMILES string of the molecule is Nc1ccncc1.[Cd]. The van der Waals surface area contributed by atoms with Gasteiger partial charge in [-0.15, -0.1) is 0 Å². The molecule has 0 aliphatic carbocycles. The fraction of sp³-hybridized carbons (Fsp3) is 0. The molecule has 0 saturated heterocycles. The van der Waals surface area contributed by atoms with Crippen LogP contribution in [0.4, 0.5) is 5.69 Å². The van der Waals surface area contributed by atoms with Gasteiger partial charge in [-0.25, -0.2) is 0 Å². The summed E-state index contributed by atoms with van der Waals surface area (Å²) in [4.78, 5) is 3.77. The predicted molar refractivity (Wildman–Crippen MR) is 28.6 cm³/mol. The molecule has 2 nitrogen and oxygen atoms in total. The minimum Gasteiger partial charge on any atom is -0.399 e. The van der Waals surface area contributed by atoms with Gasteiger partial charge in [0.1, 0.15) is 0 Å². The summed E-state index contributed by atoms with van der Waals surface area (Å²) in [5, 5.41) is 0. The van der Waals surface area contributed by atoms with Crippen LogP contribution in [0.5, 0.6) is 0 Å². The molecular weight excluding hydrogens is 200 g/mol. The summed E-state index contributed by atoms with van der Waals surface area (Å²) in [5.74, 6) is 0. The van der Waals surface area contributed by atoms with Crippen molar-refractivity contribution in [2.45, 2.75) is 0 Å². The van der Waals surface area contributed by atoms with E-state index < -0.39 is 0 Å². The molecule has 0 radical (unpaired) electrons. The van der Waals surface area contributed by atoms with E-state index in [-0.39, 0.29) is 27.3 Å². The first-order valence-electron chi connectivity index (χ1n) is 2.05. The van der Waals surface area contributed by atoms with Gasteiger partial charge in [-0.1, -0.05) is 0 Å². The molecule has 1 heterocycles. The predicted octanol–water partition coefficient (Wildman–Crippen LogP) is 0.661. The smallest absolute Gasteiger partial charge is 0.0344 e. The normalized spacial score (nSPS) is 7.50. The van der Waals surface area contributed by atoms with E-state index in [9.17, 15) is 0 Å². The monoisotopic (exact) mass is 208 g/mol. The van der Waals surface area contributed by atoms with Gasteiger partial charge in [-0.05, 0) is 12.1 Å². The molecule has 2 N–H and O–H groups in total. The Morgan fingerprint density at radius 1 is 1.25 bits per heavy atom. The van der Waals surface area contributed by atoms with Gasteiger partial charge >= 0.3 is 0 Å². The number of rotatable bonds is 0. The number of aromatic nitrogens is 1. The topological polar surface area (TPSA) is 38.9 Å². The minimum absolute atomic E-state index is 0. The molecule has 0 amide bonds. The molecule has 1 rings (SSSR count). The minimum atomic E-state index is 0. The Kier molecular flexibility index (Phi) is 3.76. The number of nitrogens with zero attached hydrogens (tertiary/aromatic N) is 1. The first kappa shape index (κ1) is 7.87. The Hall–Kier alpha value is -0.128. The number of pyridine rings is 1. The van der Waals surface area contributed by atoms with Crippen LogP contribution in [0.1, 0.15) is 0 Å². The van der Waals surface area contributed by atoms with Crippen LogP contribution in [0.15, 0.2) is 24.5 Å². The Labute approximate surface area is 68.3 Å². The maximum atomic E-state index is 5.32. The van der Waals surface area contributed by atoms with Crippen molar-refractivity contribution in [3.05, 3.63) is 24.5 Å². The number of anilines is 1. The van der Waals surface area contributed by atoms with Crippen molar-refractivity contribution >= 4 is 5.69 Å². The number of hydrogen-bond donors (Lipinski definition) is 1. The molecule has 8 heavy (non-hydrogen) atoms. The van der Waals surface area contributed by atoms with Crippen LogP contribution < -0.4 is 5.73 Å². The van der Waals surface area contributed by atoms with Crippen LogP contribution in [-0.2, 0) is 27.3 Å². The van der Waals surface area contributed by atoms with E-state index in [2.05, 4.69) is 4.98 Å². The fourth-order valence-corrected chi connectivity index (χ4v) is 0.363. The number of hydrogen-bond acceptors (Lipinski definition) is 2. The van der Waals surface area contributed by atoms with Gasteiger partial charge in [0.25, 0.3) is 0 Å². The van der Waals surface area contributed by atoms with Gasteiger partial charge in [0.05, 0.1) is 0 Å². The summed E-state index contributed by atoms with van der Waals surface area (Å²) in [5.41, 5.74) is 6.08. The first-order chi connectivity index (χ1) is 3.39. The Bertz CT molecular complexity index is 140. The summed E-state index contributed by atoms with van der Waals surface area (Å²) in [7, 11) is 0. The van der Waals surface area contributed by atoms with Gasteiger partial charge in [0.15, 0.2) is 0 Å². The Balaban J connectivity index is 0.000000490. The molecule has 0 aromatic carbocycles. The fourth-order valence-electron chi connectivity index (χ4n) is 0.363. The van der Waals surface area contributed by atoms with Crippen LogP contribution >= 0.6 is 0 Å². The average Bonchev–Trinajstić information content (AvgIpc) is 1.69. The van der Waals surface area contributed by atoms with Crippen LogP contribution in [0.2, 0.25) is 0 Å². The molecule has 1 aromatic rings. The second-order valence-electron chi connectivity index (χ2n) is 1.28. The first-order valence-corrected chi connectivity index (χ1v) is 2.05. The third kappa shape index (κ3) is 2.25. The molecular formula is C5H6CdN2. The average molecular weight is 207 g/mol. The summed E-state index contributed by atoms with van der Waals surface area (Å²) in [6.07, 6.45) is 3.32. The molecule has 1 aromatic heterocycles. The quantitative estimate of drug-likeness (QED) is 0.634. The van der Waals surface area contributed by atoms with Crippen molar-refractivity contribution in [2.75, 3.05) is 5.73 Å². The van der Waals surface area contributed by atoms with E-state index in [0.29, 0.717) is 0 Å². The van der Waals surface area contributed by atoms with E-state index in [0.717, 1.165) is 5.69 Å². The molecule has 0 aliphatic heterocycles. The van der Waals surface area contributed by atoms with Crippen molar-refractivity contribution < 1.29 is 27.3 Å². The third-order valence-corrected chi connectivity index (χ3v) is 0.706. The molecule has 0 aliphatic rings. The molecule has 0 bridgehead atoms. The Morgan fingerprint density at radius 3 is 2.00 bits per heavy atom. The molecule has 0 atom stereocenters. The van der Waals surface area contributed by atoms with Gasteiger partial charge in [0, 0.05) is 45.4 Å². The van der Waals surface area contributed by atoms with Crippen molar-refractivity contribution in [1.82, 2.24) is 4.98 Å². The molecule has 38 valence electrons. The molecule has 3 heteroatoms. The van der Waals surface area contributed by atoms with E-state index in [1.165, 1.54) is 0 Å². The summed E-state index contributed by atoms with van der Waals surface area (Å²) >= 11 is 0. The maximum absolute atomic E-state index is 5.32. The van der Waals surface area contributed by atoms with Gasteiger partial charge < -0.3 is 5.73 Å². The largest absolute Gasteiger partial charge is 0.399 e. The van der Waals surface area contributed by atoms with Crippen molar-refractivity contribution in [2.24, 2.45) is 0 Å². The molecule has 0 spiro atoms. The number of nitrogens with two attached hydrogens (primary N) is 1. The van der Waals surface area contributed by atoms with E-state index in [1.807, 2.05) is 0 Å². The zero-order valence-electron chi connectivity index (χ0n) is 4.54.